The Labute approximate surface area is 136 Å². The van der Waals surface area contributed by atoms with Crippen LogP contribution in [0.25, 0.3) is 0 Å². The maximum atomic E-state index is 12.0. The van der Waals surface area contributed by atoms with E-state index in [-0.39, 0.29) is 5.91 Å². The maximum Gasteiger partial charge on any atom is 0.244 e. The Kier molecular flexibility index (Phi) is 5.34. The molecule has 114 valence electrons. The Balaban J connectivity index is 1.98. The summed E-state index contributed by atoms with van der Waals surface area (Å²) in [6.45, 7) is 5.94. The summed E-state index contributed by atoms with van der Waals surface area (Å²) >= 11 is 5.85. The third-order valence-corrected chi connectivity index (χ3v) is 3.80. The van der Waals surface area contributed by atoms with Crippen LogP contribution >= 0.6 is 11.6 Å². The molecule has 0 radical (unpaired) electrons. The summed E-state index contributed by atoms with van der Waals surface area (Å²) in [7, 11) is 0. The molecule has 0 fully saturated rings. The number of hydrogen-bond donors (Lipinski definition) is 1. The first kappa shape index (κ1) is 16.2. The number of aryl methyl sites for hydroxylation is 2. The fourth-order valence-electron chi connectivity index (χ4n) is 2.04. The molecule has 0 atom stereocenters. The lowest BCUT2D eigenvalue weighted by atomic mass is 10.0. The van der Waals surface area contributed by atoms with Gasteiger partial charge in [-0.05, 0) is 55.2 Å². The number of halogens is 1. The van der Waals surface area contributed by atoms with E-state index in [0.29, 0.717) is 11.4 Å². The first-order chi connectivity index (χ1) is 10.5. The van der Waals surface area contributed by atoms with Crippen molar-refractivity contribution < 1.29 is 4.79 Å². The number of carbonyl (C=O) groups is 1. The smallest absolute Gasteiger partial charge is 0.244 e. The first-order valence-corrected chi connectivity index (χ1v) is 7.48. The van der Waals surface area contributed by atoms with Gasteiger partial charge in [0.2, 0.25) is 5.91 Å². The SMILES string of the molecule is C/C(=N/NC(=O)Cc1ccc(C)c(C)c1)c1ccc(Cl)cc1. The number of nitrogens with one attached hydrogen (secondary N) is 1. The summed E-state index contributed by atoms with van der Waals surface area (Å²) in [5.74, 6) is -0.128. The fraction of sp³-hybridized carbons (Fsp3) is 0.222. The highest BCUT2D eigenvalue weighted by Crippen LogP contribution is 2.11. The number of benzene rings is 2. The molecule has 4 heteroatoms. The Morgan fingerprint density at radius 1 is 1.09 bits per heavy atom. The highest BCUT2D eigenvalue weighted by Gasteiger charge is 2.04. The second kappa shape index (κ2) is 7.23. The molecule has 1 amide bonds. The molecule has 0 unspecified atom stereocenters. The summed E-state index contributed by atoms with van der Waals surface area (Å²) in [4.78, 5) is 12.0. The van der Waals surface area contributed by atoms with Gasteiger partial charge in [0.1, 0.15) is 0 Å². The molecule has 0 saturated carbocycles. The van der Waals surface area contributed by atoms with Crippen LogP contribution in [-0.4, -0.2) is 11.6 Å². The van der Waals surface area contributed by atoms with E-state index in [1.54, 1.807) is 12.1 Å². The van der Waals surface area contributed by atoms with Gasteiger partial charge in [0.25, 0.3) is 0 Å². The summed E-state index contributed by atoms with van der Waals surface area (Å²) in [5, 5.41) is 4.81. The molecule has 2 aromatic carbocycles. The van der Waals surface area contributed by atoms with E-state index in [2.05, 4.69) is 17.5 Å². The van der Waals surface area contributed by atoms with Crippen LogP contribution in [0.4, 0.5) is 0 Å². The van der Waals surface area contributed by atoms with Gasteiger partial charge in [-0.2, -0.15) is 5.10 Å². The molecule has 3 nitrogen and oxygen atoms in total. The average molecular weight is 315 g/mol. The van der Waals surface area contributed by atoms with Gasteiger partial charge in [0, 0.05) is 5.02 Å². The van der Waals surface area contributed by atoms with Crippen LogP contribution in [0.3, 0.4) is 0 Å². The molecule has 2 rings (SSSR count). The van der Waals surface area contributed by atoms with Gasteiger partial charge >= 0.3 is 0 Å². The van der Waals surface area contributed by atoms with E-state index in [1.165, 1.54) is 11.1 Å². The van der Waals surface area contributed by atoms with E-state index < -0.39 is 0 Å². The average Bonchev–Trinajstić information content (AvgIpc) is 2.49. The van der Waals surface area contributed by atoms with Crippen LogP contribution in [0.1, 0.15) is 29.2 Å². The zero-order valence-corrected chi connectivity index (χ0v) is 13.7. The molecule has 0 aliphatic heterocycles. The van der Waals surface area contributed by atoms with E-state index >= 15 is 0 Å². The predicted molar refractivity (Wildman–Crippen MR) is 91.4 cm³/mol. The largest absolute Gasteiger partial charge is 0.273 e. The lowest BCUT2D eigenvalue weighted by Crippen LogP contribution is -2.21. The van der Waals surface area contributed by atoms with Gasteiger partial charge in [-0.25, -0.2) is 5.43 Å². The van der Waals surface area contributed by atoms with Crippen LogP contribution in [-0.2, 0) is 11.2 Å². The Hall–Kier alpha value is -2.13. The van der Waals surface area contributed by atoms with Gasteiger partial charge in [0.15, 0.2) is 0 Å². The maximum absolute atomic E-state index is 12.0. The lowest BCUT2D eigenvalue weighted by molar-refractivity contribution is -0.120. The van der Waals surface area contributed by atoms with E-state index in [1.807, 2.05) is 44.2 Å². The van der Waals surface area contributed by atoms with Crippen LogP contribution in [0.2, 0.25) is 5.02 Å². The quantitative estimate of drug-likeness (QED) is 0.671. The second-order valence-electron chi connectivity index (χ2n) is 5.33. The topological polar surface area (TPSA) is 41.5 Å². The van der Waals surface area contributed by atoms with Crippen molar-refractivity contribution in [2.75, 3.05) is 0 Å². The molecule has 0 aliphatic carbocycles. The second-order valence-corrected chi connectivity index (χ2v) is 5.77. The van der Waals surface area contributed by atoms with Crippen molar-refractivity contribution in [1.82, 2.24) is 5.43 Å². The predicted octanol–water partition coefficient (Wildman–Crippen LogP) is 4.04. The van der Waals surface area contributed by atoms with Crippen molar-refractivity contribution in [1.29, 1.82) is 0 Å². The minimum Gasteiger partial charge on any atom is -0.273 e. The first-order valence-electron chi connectivity index (χ1n) is 7.11. The highest BCUT2D eigenvalue weighted by molar-refractivity contribution is 6.30. The zero-order chi connectivity index (χ0) is 16.1. The molecule has 1 N–H and O–H groups in total. The van der Waals surface area contributed by atoms with Crippen molar-refractivity contribution >= 4 is 23.2 Å². The lowest BCUT2D eigenvalue weighted by Gasteiger charge is -2.05. The molecular formula is C18H19ClN2O. The van der Waals surface area contributed by atoms with Crippen molar-refractivity contribution in [3.63, 3.8) is 0 Å². The number of hydrazone groups is 1. The standard InChI is InChI=1S/C18H19ClN2O/c1-12-4-5-15(10-13(12)2)11-18(22)21-20-14(3)16-6-8-17(19)9-7-16/h4-10H,11H2,1-3H3,(H,21,22)/b20-14-. The minimum absolute atomic E-state index is 0.128. The van der Waals surface area contributed by atoms with Crippen molar-refractivity contribution in [2.24, 2.45) is 5.10 Å². The molecule has 0 bridgehead atoms. The van der Waals surface area contributed by atoms with Gasteiger partial charge in [0.05, 0.1) is 12.1 Å². The van der Waals surface area contributed by atoms with Gasteiger partial charge < -0.3 is 0 Å². The summed E-state index contributed by atoms with van der Waals surface area (Å²) in [5.41, 5.74) is 7.66. The molecule has 0 saturated heterocycles. The number of hydrogen-bond acceptors (Lipinski definition) is 2. The van der Waals surface area contributed by atoms with Crippen molar-refractivity contribution in [3.05, 3.63) is 69.7 Å². The number of amides is 1. The van der Waals surface area contributed by atoms with Crippen LogP contribution < -0.4 is 5.43 Å². The van der Waals surface area contributed by atoms with Crippen molar-refractivity contribution in [2.45, 2.75) is 27.2 Å². The van der Waals surface area contributed by atoms with E-state index in [0.717, 1.165) is 16.8 Å². The number of carbonyl (C=O) groups excluding carboxylic acids is 1. The number of nitrogens with zero attached hydrogens (tertiary/aromatic N) is 1. The van der Waals surface area contributed by atoms with E-state index in [4.69, 9.17) is 11.6 Å². The molecule has 0 aliphatic rings. The minimum atomic E-state index is -0.128. The fourth-order valence-corrected chi connectivity index (χ4v) is 2.17. The summed E-state index contributed by atoms with van der Waals surface area (Å²) in [6.07, 6.45) is 0.318. The molecule has 2 aromatic rings. The normalized spacial score (nSPS) is 11.4. The van der Waals surface area contributed by atoms with Crippen LogP contribution in [0.5, 0.6) is 0 Å². The third-order valence-electron chi connectivity index (χ3n) is 3.55. The monoisotopic (exact) mass is 314 g/mol. The van der Waals surface area contributed by atoms with E-state index in [9.17, 15) is 4.79 Å². The zero-order valence-electron chi connectivity index (χ0n) is 13.0. The van der Waals surface area contributed by atoms with Crippen molar-refractivity contribution in [3.8, 4) is 0 Å². The molecule has 22 heavy (non-hydrogen) atoms. The van der Waals surface area contributed by atoms with Gasteiger partial charge in [-0.15, -0.1) is 0 Å². The van der Waals surface area contributed by atoms with Gasteiger partial charge in [-0.1, -0.05) is 41.9 Å². The molecule has 0 aromatic heterocycles. The third kappa shape index (κ3) is 4.43. The summed E-state index contributed by atoms with van der Waals surface area (Å²) < 4.78 is 0. The van der Waals surface area contributed by atoms with Crippen LogP contribution in [0.15, 0.2) is 47.6 Å². The van der Waals surface area contributed by atoms with Gasteiger partial charge in [-0.3, -0.25) is 4.79 Å². The molecular weight excluding hydrogens is 296 g/mol. The van der Waals surface area contributed by atoms with Crippen LogP contribution in [0, 0.1) is 13.8 Å². The Morgan fingerprint density at radius 2 is 1.77 bits per heavy atom. The highest BCUT2D eigenvalue weighted by atomic mass is 35.5. The Bertz CT molecular complexity index is 706. The Morgan fingerprint density at radius 3 is 2.41 bits per heavy atom. The molecule has 0 spiro atoms. The molecule has 0 heterocycles. The summed E-state index contributed by atoms with van der Waals surface area (Å²) in [6, 6.07) is 13.4. The number of rotatable bonds is 4.